The van der Waals surface area contributed by atoms with Crippen molar-refractivity contribution in [3.8, 4) is 0 Å². The number of carbonyl (C=O) groups excluding carboxylic acids is 1. The van der Waals surface area contributed by atoms with Gasteiger partial charge in [-0.1, -0.05) is 36.8 Å². The number of para-hydroxylation sites is 3. The first-order valence-corrected chi connectivity index (χ1v) is 13.1. The molecule has 1 atom stereocenters. The van der Waals surface area contributed by atoms with Crippen molar-refractivity contribution in [3.05, 3.63) is 59.6 Å². The summed E-state index contributed by atoms with van der Waals surface area (Å²) in [7, 11) is 0. The summed E-state index contributed by atoms with van der Waals surface area (Å²) < 4.78 is 2.11. The molecule has 1 N–H and O–H groups in total. The Balaban J connectivity index is 1.19. The molecule has 0 spiro atoms. The van der Waals surface area contributed by atoms with Gasteiger partial charge in [-0.05, 0) is 44.5 Å². The highest BCUT2D eigenvalue weighted by molar-refractivity contribution is 7.15. The first kappa shape index (κ1) is 22.1. The topological polar surface area (TPSA) is 75.9 Å². The van der Waals surface area contributed by atoms with Gasteiger partial charge in [-0.25, -0.2) is 15.0 Å². The third-order valence-corrected chi connectivity index (χ3v) is 7.82. The van der Waals surface area contributed by atoms with Crippen molar-refractivity contribution >= 4 is 55.5 Å². The number of amides is 1. The van der Waals surface area contributed by atoms with Crippen molar-refractivity contribution in [3.63, 3.8) is 0 Å². The van der Waals surface area contributed by atoms with Crippen LogP contribution in [0.25, 0.3) is 33.1 Å². The highest BCUT2D eigenvalue weighted by Gasteiger charge is 2.20. The molecule has 1 amide bonds. The smallest absolute Gasteiger partial charge is 0.227 e. The number of fused-ring (bicyclic) bond motifs is 4. The van der Waals surface area contributed by atoms with Crippen LogP contribution in [-0.2, 0) is 17.9 Å². The summed E-state index contributed by atoms with van der Waals surface area (Å²) in [5.41, 5.74) is 4.45. The summed E-state index contributed by atoms with van der Waals surface area (Å²) in [5, 5.41) is 4.72. The van der Waals surface area contributed by atoms with Crippen LogP contribution in [0.2, 0.25) is 0 Å². The Bertz CT molecular complexity index is 1520. The summed E-state index contributed by atoms with van der Waals surface area (Å²) in [6.45, 7) is 4.86. The van der Waals surface area contributed by atoms with Crippen LogP contribution in [0.4, 0.5) is 5.13 Å². The van der Waals surface area contributed by atoms with E-state index >= 15 is 0 Å². The van der Waals surface area contributed by atoms with E-state index in [2.05, 4.69) is 38.8 Å². The zero-order valence-corrected chi connectivity index (χ0v) is 20.6. The van der Waals surface area contributed by atoms with Gasteiger partial charge in [0, 0.05) is 42.0 Å². The Kier molecular flexibility index (Phi) is 5.91. The first-order valence-electron chi connectivity index (χ1n) is 12.3. The van der Waals surface area contributed by atoms with Gasteiger partial charge in [0.25, 0.3) is 0 Å². The largest absolute Gasteiger partial charge is 0.323 e. The van der Waals surface area contributed by atoms with Crippen LogP contribution in [0.1, 0.15) is 37.5 Å². The standard InChI is InChI=1S/C27H28N6OS/c1-18-8-6-7-14-32(18)17-19-16-28-27(35-19)31-24(34)13-15-33-23-12-5-2-9-20(23)25-26(33)30-22-11-4-3-10-21(22)29-25/h2-5,9-12,16,18H,6-8,13-15,17H2,1H3,(H,28,31,34). The van der Waals surface area contributed by atoms with E-state index in [1.807, 2.05) is 42.6 Å². The second-order valence-electron chi connectivity index (χ2n) is 9.30. The third kappa shape index (κ3) is 4.39. The van der Waals surface area contributed by atoms with E-state index in [9.17, 15) is 4.79 Å². The van der Waals surface area contributed by atoms with Gasteiger partial charge in [0.05, 0.1) is 16.6 Å². The van der Waals surface area contributed by atoms with Gasteiger partial charge in [0.1, 0.15) is 5.52 Å². The fraction of sp³-hybridized carbons (Fsp3) is 0.333. The molecule has 0 saturated carbocycles. The number of aromatic nitrogens is 4. The molecule has 0 radical (unpaired) electrons. The number of thiazole rings is 1. The van der Waals surface area contributed by atoms with Crippen LogP contribution < -0.4 is 5.32 Å². The van der Waals surface area contributed by atoms with Gasteiger partial charge in [0.2, 0.25) is 5.91 Å². The lowest BCUT2D eigenvalue weighted by Gasteiger charge is -2.32. The second kappa shape index (κ2) is 9.36. The van der Waals surface area contributed by atoms with E-state index in [4.69, 9.17) is 9.97 Å². The van der Waals surface area contributed by atoms with Crippen LogP contribution in [0, 0.1) is 0 Å². The average Bonchev–Trinajstić information content (AvgIpc) is 3.44. The van der Waals surface area contributed by atoms with Crippen molar-refractivity contribution in [2.75, 3.05) is 11.9 Å². The fourth-order valence-electron chi connectivity index (χ4n) is 5.04. The number of hydrogen-bond donors (Lipinski definition) is 1. The van der Waals surface area contributed by atoms with Gasteiger partial charge in [-0.3, -0.25) is 9.69 Å². The number of likely N-dealkylation sites (tertiary alicyclic amines) is 1. The minimum Gasteiger partial charge on any atom is -0.323 e. The summed E-state index contributed by atoms with van der Waals surface area (Å²) in [4.78, 5) is 30.8. The molecular weight excluding hydrogens is 456 g/mol. The minimum atomic E-state index is -0.0445. The number of rotatable bonds is 6. The molecule has 1 saturated heterocycles. The summed E-state index contributed by atoms with van der Waals surface area (Å²) in [6, 6.07) is 16.7. The monoisotopic (exact) mass is 484 g/mol. The quantitative estimate of drug-likeness (QED) is 0.340. The Morgan fingerprint density at radius 1 is 1.09 bits per heavy atom. The van der Waals surface area contributed by atoms with Gasteiger partial charge >= 0.3 is 0 Å². The van der Waals surface area contributed by atoms with Crippen molar-refractivity contribution in [2.24, 2.45) is 0 Å². The lowest BCUT2D eigenvalue weighted by atomic mass is 10.0. The molecule has 2 aromatic carbocycles. The molecule has 0 bridgehead atoms. The summed E-state index contributed by atoms with van der Waals surface area (Å²) in [5.74, 6) is -0.0445. The van der Waals surface area contributed by atoms with Crippen LogP contribution in [0.5, 0.6) is 0 Å². The maximum atomic E-state index is 12.8. The van der Waals surface area contributed by atoms with Crippen LogP contribution in [-0.4, -0.2) is 42.9 Å². The van der Waals surface area contributed by atoms with Gasteiger partial charge in [-0.15, -0.1) is 11.3 Å². The van der Waals surface area contributed by atoms with Gasteiger partial charge in [0.15, 0.2) is 10.8 Å². The number of hydrogen-bond acceptors (Lipinski definition) is 6. The minimum absolute atomic E-state index is 0.0445. The molecule has 1 aliphatic rings. The van der Waals surface area contributed by atoms with Crippen molar-refractivity contribution in [2.45, 2.75) is 51.7 Å². The molecule has 5 aromatic rings. The molecule has 8 heteroatoms. The molecule has 3 aromatic heterocycles. The van der Waals surface area contributed by atoms with E-state index in [0.29, 0.717) is 24.1 Å². The highest BCUT2D eigenvalue weighted by Crippen LogP contribution is 2.29. The lowest BCUT2D eigenvalue weighted by Crippen LogP contribution is -2.36. The summed E-state index contributed by atoms with van der Waals surface area (Å²) >= 11 is 1.57. The maximum Gasteiger partial charge on any atom is 0.227 e. The van der Waals surface area contributed by atoms with E-state index in [-0.39, 0.29) is 5.91 Å². The van der Waals surface area contributed by atoms with Crippen molar-refractivity contribution < 1.29 is 4.79 Å². The second-order valence-corrected chi connectivity index (χ2v) is 10.4. The molecule has 35 heavy (non-hydrogen) atoms. The molecular formula is C27H28N6OS. The molecule has 4 heterocycles. The molecule has 1 unspecified atom stereocenters. The lowest BCUT2D eigenvalue weighted by molar-refractivity contribution is -0.116. The number of nitrogens with zero attached hydrogens (tertiary/aromatic N) is 5. The van der Waals surface area contributed by atoms with Gasteiger partial charge < -0.3 is 9.88 Å². The Morgan fingerprint density at radius 2 is 1.89 bits per heavy atom. The Morgan fingerprint density at radius 3 is 2.74 bits per heavy atom. The predicted octanol–water partition coefficient (Wildman–Crippen LogP) is 5.60. The predicted molar refractivity (Wildman–Crippen MR) is 142 cm³/mol. The zero-order chi connectivity index (χ0) is 23.8. The normalized spacial score (nSPS) is 16.9. The van der Waals surface area contributed by atoms with Crippen molar-refractivity contribution in [1.29, 1.82) is 0 Å². The summed E-state index contributed by atoms with van der Waals surface area (Å²) in [6.07, 6.45) is 6.06. The number of carbonyl (C=O) groups is 1. The third-order valence-electron chi connectivity index (χ3n) is 6.92. The Hall–Kier alpha value is -3.36. The molecule has 1 fully saturated rings. The molecule has 178 valence electrons. The zero-order valence-electron chi connectivity index (χ0n) is 19.8. The number of nitrogens with one attached hydrogen (secondary N) is 1. The fourth-order valence-corrected chi connectivity index (χ4v) is 5.89. The van der Waals surface area contributed by atoms with Gasteiger partial charge in [-0.2, -0.15) is 0 Å². The average molecular weight is 485 g/mol. The highest BCUT2D eigenvalue weighted by atomic mass is 32.1. The van der Waals surface area contributed by atoms with Crippen molar-refractivity contribution in [1.82, 2.24) is 24.4 Å². The van der Waals surface area contributed by atoms with E-state index in [1.165, 1.54) is 24.1 Å². The number of anilines is 1. The van der Waals surface area contributed by atoms with E-state index in [0.717, 1.165) is 46.2 Å². The van der Waals surface area contributed by atoms with Crippen LogP contribution >= 0.6 is 11.3 Å². The SMILES string of the molecule is CC1CCCCN1Cc1cnc(NC(=O)CCn2c3ccccc3c3nc4ccccc4nc32)s1. The Labute approximate surface area is 207 Å². The maximum absolute atomic E-state index is 12.8. The number of piperidine rings is 1. The van der Waals surface area contributed by atoms with Crippen LogP contribution in [0.15, 0.2) is 54.7 Å². The van der Waals surface area contributed by atoms with E-state index < -0.39 is 0 Å². The number of aryl methyl sites for hydroxylation is 1. The molecule has 7 nitrogen and oxygen atoms in total. The molecule has 0 aliphatic carbocycles. The molecule has 6 rings (SSSR count). The van der Waals surface area contributed by atoms with E-state index in [1.54, 1.807) is 11.3 Å². The first-order chi connectivity index (χ1) is 17.2. The molecule has 1 aliphatic heterocycles. The van der Waals surface area contributed by atoms with Crippen LogP contribution in [0.3, 0.4) is 0 Å². The number of benzene rings is 2.